The molecule has 3 aromatic heterocycles. The molecule has 0 aliphatic rings. The lowest BCUT2D eigenvalue weighted by atomic mass is 10.1. The molecule has 4 rings (SSSR count). The Bertz CT molecular complexity index is 1180. The molecule has 0 saturated carbocycles. The van der Waals surface area contributed by atoms with Gasteiger partial charge < -0.3 is 9.47 Å². The summed E-state index contributed by atoms with van der Waals surface area (Å²) in [5.74, 6) is 1.48. The van der Waals surface area contributed by atoms with Gasteiger partial charge in [-0.2, -0.15) is 5.10 Å². The molecule has 8 heteroatoms. The highest BCUT2D eigenvalue weighted by atomic mass is 32.1. The number of aromatic nitrogens is 2. The maximum Gasteiger partial charge on any atom is 0.211 e. The molecule has 0 atom stereocenters. The first-order valence-corrected chi connectivity index (χ1v) is 10.5. The van der Waals surface area contributed by atoms with Gasteiger partial charge in [0.2, 0.25) is 4.80 Å². The van der Waals surface area contributed by atoms with Crippen LogP contribution in [0.2, 0.25) is 0 Å². The molecule has 0 saturated heterocycles. The molecule has 0 aliphatic carbocycles. The summed E-state index contributed by atoms with van der Waals surface area (Å²) >= 11 is 3.12. The van der Waals surface area contributed by atoms with Gasteiger partial charge in [-0.15, -0.1) is 22.7 Å². The molecular weight excluding hydrogens is 404 g/mol. The first-order chi connectivity index (χ1) is 14.3. The van der Waals surface area contributed by atoms with Crippen molar-refractivity contribution in [1.82, 2.24) is 9.66 Å². The molecule has 0 amide bonds. The molecule has 146 valence electrons. The second-order valence-corrected chi connectivity index (χ2v) is 7.68. The number of hydrogen-bond acceptors (Lipinski definition) is 7. The largest absolute Gasteiger partial charge is 0.497 e. The van der Waals surface area contributed by atoms with Crippen LogP contribution in [0, 0.1) is 0 Å². The normalized spacial score (nSPS) is 11.9. The second-order valence-electron chi connectivity index (χ2n) is 5.86. The van der Waals surface area contributed by atoms with Crippen molar-refractivity contribution in [2.75, 3.05) is 14.2 Å². The van der Waals surface area contributed by atoms with E-state index >= 15 is 0 Å². The van der Waals surface area contributed by atoms with Crippen LogP contribution in [0.25, 0.3) is 11.3 Å². The van der Waals surface area contributed by atoms with Crippen LogP contribution in [-0.2, 0) is 0 Å². The third kappa shape index (κ3) is 4.28. The number of pyridine rings is 1. The lowest BCUT2D eigenvalue weighted by molar-refractivity contribution is 0.404. The van der Waals surface area contributed by atoms with E-state index in [-0.39, 0.29) is 0 Å². The van der Waals surface area contributed by atoms with Gasteiger partial charge >= 0.3 is 0 Å². The third-order valence-corrected chi connectivity index (χ3v) is 5.71. The maximum atomic E-state index is 5.58. The van der Waals surface area contributed by atoms with Gasteiger partial charge in [-0.3, -0.25) is 4.98 Å². The molecule has 0 unspecified atom stereocenters. The van der Waals surface area contributed by atoms with Crippen LogP contribution >= 0.6 is 22.7 Å². The summed E-state index contributed by atoms with van der Waals surface area (Å²) in [4.78, 5) is 10.6. The molecule has 0 fully saturated rings. The summed E-state index contributed by atoms with van der Waals surface area (Å²) < 4.78 is 12.8. The van der Waals surface area contributed by atoms with Crippen LogP contribution in [0.3, 0.4) is 0 Å². The summed E-state index contributed by atoms with van der Waals surface area (Å²) in [6.07, 6.45) is 5.28. The van der Waals surface area contributed by atoms with Crippen LogP contribution in [-0.4, -0.2) is 30.1 Å². The van der Waals surface area contributed by atoms with Gasteiger partial charge in [0.1, 0.15) is 11.5 Å². The molecule has 29 heavy (non-hydrogen) atoms. The Hall–Kier alpha value is -3.23. The quantitative estimate of drug-likeness (QED) is 0.419. The van der Waals surface area contributed by atoms with Crippen molar-refractivity contribution in [3.8, 4) is 22.8 Å². The topological polar surface area (TPSA) is 61.0 Å². The predicted molar refractivity (Wildman–Crippen MR) is 118 cm³/mol. The van der Waals surface area contributed by atoms with Gasteiger partial charge in [0, 0.05) is 22.0 Å². The van der Waals surface area contributed by atoms with Gasteiger partial charge in [0.05, 0.1) is 38.0 Å². The van der Waals surface area contributed by atoms with Gasteiger partial charge in [-0.25, -0.2) is 9.67 Å². The van der Waals surface area contributed by atoms with E-state index in [2.05, 4.69) is 4.98 Å². The number of thiophene rings is 1. The monoisotopic (exact) mass is 422 g/mol. The summed E-state index contributed by atoms with van der Waals surface area (Å²) in [6, 6.07) is 13.5. The first-order valence-electron chi connectivity index (χ1n) is 8.74. The van der Waals surface area contributed by atoms with E-state index in [9.17, 15) is 0 Å². The summed E-state index contributed by atoms with van der Waals surface area (Å²) in [5, 5.41) is 8.75. The maximum absolute atomic E-state index is 5.58. The molecule has 0 bridgehead atoms. The SMILES string of the molecule is COc1ccc(OC)c(-c2csc(=Nc3cccnc3)n2N=Cc2cccs2)c1. The lowest BCUT2D eigenvalue weighted by Crippen LogP contribution is -2.11. The Morgan fingerprint density at radius 1 is 1.07 bits per heavy atom. The van der Waals surface area contributed by atoms with Crippen molar-refractivity contribution in [3.05, 3.63) is 75.3 Å². The lowest BCUT2D eigenvalue weighted by Gasteiger charge is -2.11. The Kier molecular flexibility index (Phi) is 5.83. The first kappa shape index (κ1) is 19.1. The molecule has 4 aromatic rings. The Balaban J connectivity index is 1.90. The summed E-state index contributed by atoms with van der Waals surface area (Å²) in [5.41, 5.74) is 2.50. The zero-order chi connectivity index (χ0) is 20.1. The number of methoxy groups -OCH3 is 2. The third-order valence-electron chi connectivity index (χ3n) is 4.08. The zero-order valence-electron chi connectivity index (χ0n) is 15.9. The van der Waals surface area contributed by atoms with Crippen molar-refractivity contribution in [2.45, 2.75) is 0 Å². The highest BCUT2D eigenvalue weighted by Gasteiger charge is 2.14. The molecule has 0 aliphatic heterocycles. The number of thiazole rings is 1. The van der Waals surface area contributed by atoms with E-state index in [1.807, 2.05) is 64.1 Å². The van der Waals surface area contributed by atoms with Crippen LogP contribution in [0.5, 0.6) is 11.5 Å². The standard InChI is InChI=1S/C21H18N4O2S2/c1-26-16-7-8-20(27-2)18(11-16)19-14-29-21(24-15-5-3-9-22-12-15)25(19)23-13-17-6-4-10-28-17/h3-14H,1-2H3. The van der Waals surface area contributed by atoms with E-state index in [0.29, 0.717) is 0 Å². The second kappa shape index (κ2) is 8.85. The van der Waals surface area contributed by atoms with Crippen molar-refractivity contribution in [1.29, 1.82) is 0 Å². The summed E-state index contributed by atoms with van der Waals surface area (Å²) in [7, 11) is 3.29. The number of hydrogen-bond donors (Lipinski definition) is 0. The van der Waals surface area contributed by atoms with Crippen LogP contribution in [0.4, 0.5) is 5.69 Å². The molecule has 0 radical (unpaired) electrons. The fourth-order valence-corrected chi connectivity index (χ4v) is 4.12. The highest BCUT2D eigenvalue weighted by Crippen LogP contribution is 2.33. The van der Waals surface area contributed by atoms with Gasteiger partial charge in [0.25, 0.3) is 0 Å². The minimum absolute atomic E-state index is 0.727. The molecular formula is C21H18N4O2S2. The smallest absolute Gasteiger partial charge is 0.211 e. The Labute approximate surface area is 176 Å². The van der Waals surface area contributed by atoms with E-state index in [1.165, 1.54) is 11.3 Å². The Morgan fingerprint density at radius 2 is 2.00 bits per heavy atom. The minimum Gasteiger partial charge on any atom is -0.497 e. The van der Waals surface area contributed by atoms with E-state index in [0.717, 1.165) is 38.1 Å². The van der Waals surface area contributed by atoms with Crippen molar-refractivity contribution < 1.29 is 9.47 Å². The van der Waals surface area contributed by atoms with Crippen LogP contribution in [0.1, 0.15) is 4.88 Å². The van der Waals surface area contributed by atoms with Crippen molar-refractivity contribution in [3.63, 3.8) is 0 Å². The summed E-state index contributed by atoms with van der Waals surface area (Å²) in [6.45, 7) is 0. The minimum atomic E-state index is 0.727. The van der Waals surface area contributed by atoms with Crippen LogP contribution < -0.4 is 14.3 Å². The predicted octanol–water partition coefficient (Wildman–Crippen LogP) is 4.80. The van der Waals surface area contributed by atoms with Gasteiger partial charge in [-0.05, 0) is 41.8 Å². The number of rotatable bonds is 6. The van der Waals surface area contributed by atoms with Crippen LogP contribution in [0.15, 0.2) is 75.7 Å². The molecule has 0 spiro atoms. The highest BCUT2D eigenvalue weighted by molar-refractivity contribution is 7.11. The van der Waals surface area contributed by atoms with E-state index in [4.69, 9.17) is 19.6 Å². The molecule has 6 nitrogen and oxygen atoms in total. The fraction of sp³-hybridized carbons (Fsp3) is 0.0952. The average molecular weight is 423 g/mol. The number of benzene rings is 1. The fourth-order valence-electron chi connectivity index (χ4n) is 2.70. The molecule has 3 heterocycles. The zero-order valence-corrected chi connectivity index (χ0v) is 17.5. The van der Waals surface area contributed by atoms with E-state index < -0.39 is 0 Å². The van der Waals surface area contributed by atoms with E-state index in [1.54, 1.807) is 38.0 Å². The number of nitrogens with zero attached hydrogens (tertiary/aromatic N) is 4. The van der Waals surface area contributed by atoms with Crippen molar-refractivity contribution >= 4 is 34.6 Å². The molecule has 1 aromatic carbocycles. The average Bonchev–Trinajstić information content (AvgIpc) is 3.42. The van der Waals surface area contributed by atoms with Gasteiger partial charge in [0.15, 0.2) is 0 Å². The van der Waals surface area contributed by atoms with Gasteiger partial charge in [-0.1, -0.05) is 6.07 Å². The Morgan fingerprint density at radius 3 is 2.72 bits per heavy atom. The molecule has 0 N–H and O–H groups in total. The van der Waals surface area contributed by atoms with Crippen molar-refractivity contribution in [2.24, 2.45) is 10.1 Å². The number of ether oxygens (including phenoxy) is 2.